The number of nitrogens with one attached hydrogen (secondary N) is 2. The molecule has 0 rings (SSSR count). The fourth-order valence-corrected chi connectivity index (χ4v) is 5.95. The van der Waals surface area contributed by atoms with Crippen molar-refractivity contribution in [3.05, 3.63) is 12.2 Å². The predicted molar refractivity (Wildman–Crippen MR) is 209 cm³/mol. The molecule has 286 valence electrons. The number of ketones is 2. The summed E-state index contributed by atoms with van der Waals surface area (Å²) in [5.74, 6) is 0.265. The van der Waals surface area contributed by atoms with Gasteiger partial charge in [0.05, 0.1) is 0 Å². The molecule has 0 bridgehead atoms. The lowest BCUT2D eigenvalue weighted by Gasteiger charge is -2.21. The molecule has 0 saturated carbocycles. The fourth-order valence-electron chi connectivity index (χ4n) is 5.95. The van der Waals surface area contributed by atoms with Gasteiger partial charge in [-0.25, -0.2) is 0 Å². The van der Waals surface area contributed by atoms with Crippen LogP contribution in [0.5, 0.6) is 0 Å². The largest absolute Gasteiger partial charge is 0.356 e. The van der Waals surface area contributed by atoms with Crippen LogP contribution in [0.2, 0.25) is 0 Å². The molecule has 0 fully saturated rings. The van der Waals surface area contributed by atoms with Crippen LogP contribution >= 0.6 is 0 Å². The van der Waals surface area contributed by atoms with E-state index in [9.17, 15) is 19.2 Å². The maximum atomic E-state index is 13.2. The lowest BCUT2D eigenvalue weighted by Crippen LogP contribution is -2.33. The summed E-state index contributed by atoms with van der Waals surface area (Å²) in [6, 6.07) is 0. The summed E-state index contributed by atoms with van der Waals surface area (Å²) in [6.45, 7) is 25.4. The van der Waals surface area contributed by atoms with Crippen LogP contribution in [0.3, 0.4) is 0 Å². The Balaban J connectivity index is 4.42. The lowest BCUT2D eigenvalue weighted by atomic mass is 9.84. The standard InChI is InChI=1S/C43H80N2O4/c1-35(43(8,9)10)24-14-11-12-15-26-37(46)27-16-13-22-33-45-40(49)36(34-38(47)28-17-20-30-41(2,3)4)25-19-23-32-44-39(48)29-18-21-31-42(5,6)7/h36H,1,11-34H2,2-10H3,(H,44,48)(H,45,49)/t36-/m1/s1. The fraction of sp³-hybridized carbons (Fsp3) is 0.860. The van der Waals surface area contributed by atoms with Crippen molar-refractivity contribution in [3.63, 3.8) is 0 Å². The Morgan fingerprint density at radius 3 is 1.51 bits per heavy atom. The molecule has 0 aromatic heterocycles. The molecular formula is C43H80N2O4. The number of hydrogen-bond donors (Lipinski definition) is 2. The van der Waals surface area contributed by atoms with Crippen LogP contribution in [-0.4, -0.2) is 36.5 Å². The molecule has 0 radical (unpaired) electrons. The van der Waals surface area contributed by atoms with Crippen molar-refractivity contribution in [1.29, 1.82) is 0 Å². The molecule has 0 unspecified atom stereocenters. The van der Waals surface area contributed by atoms with E-state index in [1.54, 1.807) is 0 Å². The third-order valence-electron chi connectivity index (χ3n) is 9.54. The zero-order valence-electron chi connectivity index (χ0n) is 33.9. The number of amides is 2. The van der Waals surface area contributed by atoms with E-state index in [2.05, 4.69) is 79.5 Å². The minimum Gasteiger partial charge on any atom is -0.356 e. The summed E-state index contributed by atoms with van der Waals surface area (Å²) >= 11 is 0. The first-order valence-corrected chi connectivity index (χ1v) is 20.1. The summed E-state index contributed by atoms with van der Waals surface area (Å²) in [5.41, 5.74) is 2.05. The van der Waals surface area contributed by atoms with Crippen LogP contribution in [0.4, 0.5) is 0 Å². The number of hydrogen-bond acceptors (Lipinski definition) is 4. The molecule has 0 aliphatic rings. The van der Waals surface area contributed by atoms with Crippen LogP contribution < -0.4 is 10.6 Å². The van der Waals surface area contributed by atoms with Gasteiger partial charge in [-0.05, 0) is 86.9 Å². The first-order chi connectivity index (χ1) is 22.8. The zero-order chi connectivity index (χ0) is 37.3. The van der Waals surface area contributed by atoms with E-state index in [1.165, 1.54) is 5.57 Å². The predicted octanol–water partition coefficient (Wildman–Crippen LogP) is 11.2. The molecule has 49 heavy (non-hydrogen) atoms. The monoisotopic (exact) mass is 689 g/mol. The van der Waals surface area contributed by atoms with Crippen molar-refractivity contribution in [1.82, 2.24) is 10.6 Å². The van der Waals surface area contributed by atoms with Gasteiger partial charge >= 0.3 is 0 Å². The average Bonchev–Trinajstić information content (AvgIpc) is 2.98. The lowest BCUT2D eigenvalue weighted by molar-refractivity contribution is -0.129. The van der Waals surface area contributed by atoms with Crippen molar-refractivity contribution < 1.29 is 19.2 Å². The summed E-state index contributed by atoms with van der Waals surface area (Å²) in [4.78, 5) is 50.5. The molecule has 0 aliphatic carbocycles. The molecule has 0 aliphatic heterocycles. The molecule has 0 aromatic carbocycles. The number of allylic oxidation sites excluding steroid dienone is 1. The first kappa shape index (κ1) is 47.0. The number of carbonyl (C=O) groups is 4. The summed E-state index contributed by atoms with van der Waals surface area (Å²) in [5, 5.41) is 6.11. The number of Topliss-reactive ketones (excluding diaryl/α,β-unsaturated/α-hetero) is 2. The molecule has 6 heteroatoms. The van der Waals surface area contributed by atoms with E-state index in [1.807, 2.05) is 0 Å². The van der Waals surface area contributed by atoms with Crippen molar-refractivity contribution >= 4 is 23.4 Å². The number of carbonyl (C=O) groups excluding carboxylic acids is 4. The summed E-state index contributed by atoms with van der Waals surface area (Å²) < 4.78 is 0. The van der Waals surface area contributed by atoms with Gasteiger partial charge in [0, 0.05) is 51.1 Å². The van der Waals surface area contributed by atoms with Gasteiger partial charge < -0.3 is 10.6 Å². The van der Waals surface area contributed by atoms with Gasteiger partial charge in [-0.15, -0.1) is 0 Å². The van der Waals surface area contributed by atoms with Gasteiger partial charge in [0.1, 0.15) is 11.6 Å². The number of unbranched alkanes of at least 4 members (excludes halogenated alkanes) is 8. The van der Waals surface area contributed by atoms with Crippen molar-refractivity contribution in [2.75, 3.05) is 13.1 Å². The topological polar surface area (TPSA) is 92.3 Å². The van der Waals surface area contributed by atoms with Gasteiger partial charge in [0.15, 0.2) is 0 Å². The van der Waals surface area contributed by atoms with Crippen LogP contribution in [0.25, 0.3) is 0 Å². The molecular weight excluding hydrogens is 608 g/mol. The average molecular weight is 689 g/mol. The van der Waals surface area contributed by atoms with E-state index >= 15 is 0 Å². The summed E-state index contributed by atoms with van der Waals surface area (Å²) in [6.07, 6.45) is 19.1. The normalized spacial score (nSPS) is 12.8. The molecule has 6 nitrogen and oxygen atoms in total. The Kier molecular flexibility index (Phi) is 24.8. The maximum Gasteiger partial charge on any atom is 0.223 e. The molecule has 2 N–H and O–H groups in total. The van der Waals surface area contributed by atoms with E-state index in [0.717, 1.165) is 103 Å². The second-order valence-corrected chi connectivity index (χ2v) is 18.2. The highest BCUT2D eigenvalue weighted by Crippen LogP contribution is 2.28. The summed E-state index contributed by atoms with van der Waals surface area (Å²) in [7, 11) is 0. The van der Waals surface area contributed by atoms with E-state index in [-0.39, 0.29) is 34.3 Å². The smallest absolute Gasteiger partial charge is 0.223 e. The molecule has 2 amide bonds. The quantitative estimate of drug-likeness (QED) is 0.0604. The SMILES string of the molecule is C=C(CCCCCCC(=O)CCCCCNC(=O)[C@H](CCCCNC(=O)CCCCC(C)(C)C)CC(=O)CCCCC(C)(C)C)C(C)(C)C. The van der Waals surface area contributed by atoms with Crippen LogP contribution in [0.15, 0.2) is 12.2 Å². The third kappa shape index (κ3) is 30.6. The van der Waals surface area contributed by atoms with E-state index in [0.29, 0.717) is 62.8 Å². The highest BCUT2D eigenvalue weighted by molar-refractivity contribution is 5.86. The van der Waals surface area contributed by atoms with Crippen LogP contribution in [0.1, 0.15) is 204 Å². The van der Waals surface area contributed by atoms with Crippen molar-refractivity contribution in [2.45, 2.75) is 204 Å². The minimum absolute atomic E-state index is 0.0342. The Hall–Kier alpha value is -1.98. The highest BCUT2D eigenvalue weighted by Gasteiger charge is 2.22. The minimum atomic E-state index is -0.323. The van der Waals surface area contributed by atoms with Gasteiger partial charge in [0.25, 0.3) is 0 Å². The number of rotatable bonds is 29. The molecule has 0 aromatic rings. The molecule has 0 spiro atoms. The zero-order valence-corrected chi connectivity index (χ0v) is 33.9. The van der Waals surface area contributed by atoms with Crippen LogP contribution in [0, 0.1) is 22.2 Å². The van der Waals surface area contributed by atoms with Gasteiger partial charge in [-0.2, -0.15) is 0 Å². The van der Waals surface area contributed by atoms with Gasteiger partial charge in [-0.1, -0.05) is 113 Å². The maximum absolute atomic E-state index is 13.2. The molecule has 0 heterocycles. The Bertz CT molecular complexity index is 948. The molecule has 1 atom stereocenters. The van der Waals surface area contributed by atoms with E-state index < -0.39 is 0 Å². The van der Waals surface area contributed by atoms with Gasteiger partial charge in [0.2, 0.25) is 11.8 Å². The second kappa shape index (κ2) is 25.9. The Morgan fingerprint density at radius 2 is 0.959 bits per heavy atom. The third-order valence-corrected chi connectivity index (χ3v) is 9.54. The first-order valence-electron chi connectivity index (χ1n) is 20.1. The Morgan fingerprint density at radius 1 is 0.510 bits per heavy atom. The van der Waals surface area contributed by atoms with Crippen molar-refractivity contribution in [3.8, 4) is 0 Å². The highest BCUT2D eigenvalue weighted by atomic mass is 16.2. The second-order valence-electron chi connectivity index (χ2n) is 18.2. The Labute approximate surface area is 303 Å². The van der Waals surface area contributed by atoms with Crippen LogP contribution in [-0.2, 0) is 19.2 Å². The van der Waals surface area contributed by atoms with E-state index in [4.69, 9.17) is 0 Å². The van der Waals surface area contributed by atoms with Crippen molar-refractivity contribution in [2.24, 2.45) is 22.2 Å². The molecule has 0 saturated heterocycles. The van der Waals surface area contributed by atoms with Gasteiger partial charge in [-0.3, -0.25) is 19.2 Å².